The van der Waals surface area contributed by atoms with Crippen molar-refractivity contribution >= 4 is 60.8 Å². The standard InChI is InChI=1S/C66H44N2O/c1-2-16-48(17-3-1)55-22-4-5-23-56(55)57-24-6-10-28-62(57)67(53-20-15-19-50(43-53)51-38-41-61-60-27-9-13-31-65(60)69-66(61)44-51)52-39-36-46(37-40-52)45-32-34-47(35-33-45)49-18-14-21-54(42-49)68-63-29-11-7-25-58(63)59-26-8-12-30-64(59)68/h1-44H. The van der Waals surface area contributed by atoms with E-state index in [2.05, 4.69) is 264 Å². The first-order valence-electron chi connectivity index (χ1n) is 23.6. The molecule has 69 heavy (non-hydrogen) atoms. The van der Waals surface area contributed by atoms with Gasteiger partial charge in [0.2, 0.25) is 0 Å². The summed E-state index contributed by atoms with van der Waals surface area (Å²) in [6.07, 6.45) is 0. The average molecular weight is 881 g/mol. The Labute approximate surface area is 401 Å². The Morgan fingerprint density at radius 1 is 0.275 bits per heavy atom. The SMILES string of the molecule is c1ccc(-c2ccccc2-c2ccccc2N(c2ccc(-c3ccc(-c4cccc(-n5c6ccccc6c6ccccc65)c4)cc3)cc2)c2cccc(-c3ccc4c(c3)oc3ccccc34)c2)cc1. The molecule has 13 rings (SSSR count). The highest BCUT2D eigenvalue weighted by Crippen LogP contribution is 2.45. The summed E-state index contributed by atoms with van der Waals surface area (Å²) in [7, 11) is 0. The fraction of sp³-hybridized carbons (Fsp3) is 0. The highest BCUT2D eigenvalue weighted by molar-refractivity contribution is 6.09. The highest BCUT2D eigenvalue weighted by Gasteiger charge is 2.20. The van der Waals surface area contributed by atoms with Gasteiger partial charge in [0.25, 0.3) is 0 Å². The maximum atomic E-state index is 6.35. The summed E-state index contributed by atoms with van der Waals surface area (Å²) < 4.78 is 8.73. The first-order chi connectivity index (χ1) is 34.2. The lowest BCUT2D eigenvalue weighted by Gasteiger charge is -2.29. The zero-order valence-corrected chi connectivity index (χ0v) is 37.7. The van der Waals surface area contributed by atoms with Crippen LogP contribution < -0.4 is 4.90 Å². The maximum Gasteiger partial charge on any atom is 0.136 e. The minimum atomic E-state index is 0.885. The lowest BCUT2D eigenvalue weighted by molar-refractivity contribution is 0.669. The molecule has 2 heterocycles. The molecule has 0 fully saturated rings. The number of rotatable bonds is 9. The molecule has 0 saturated carbocycles. The fourth-order valence-corrected chi connectivity index (χ4v) is 10.3. The van der Waals surface area contributed by atoms with Gasteiger partial charge in [-0.05, 0) is 123 Å². The van der Waals surface area contributed by atoms with Gasteiger partial charge in [-0.25, -0.2) is 0 Å². The predicted octanol–water partition coefficient (Wildman–Crippen LogP) is 18.5. The van der Waals surface area contributed by atoms with Gasteiger partial charge >= 0.3 is 0 Å². The van der Waals surface area contributed by atoms with Crippen molar-refractivity contribution in [3.63, 3.8) is 0 Å². The van der Waals surface area contributed by atoms with Gasteiger partial charge in [-0.2, -0.15) is 0 Å². The Morgan fingerprint density at radius 2 is 0.783 bits per heavy atom. The van der Waals surface area contributed by atoms with E-state index in [1.165, 1.54) is 49.6 Å². The molecule has 0 amide bonds. The van der Waals surface area contributed by atoms with E-state index in [1.807, 2.05) is 12.1 Å². The van der Waals surface area contributed by atoms with Gasteiger partial charge in [0, 0.05) is 44.2 Å². The molecule has 3 nitrogen and oxygen atoms in total. The molecule has 324 valence electrons. The van der Waals surface area contributed by atoms with Gasteiger partial charge in [0.1, 0.15) is 11.2 Å². The van der Waals surface area contributed by atoms with Gasteiger partial charge in [0.05, 0.1) is 16.7 Å². The van der Waals surface area contributed by atoms with Gasteiger partial charge in [-0.15, -0.1) is 0 Å². The van der Waals surface area contributed by atoms with E-state index in [1.54, 1.807) is 0 Å². The van der Waals surface area contributed by atoms with E-state index >= 15 is 0 Å². The molecule has 3 heteroatoms. The van der Waals surface area contributed by atoms with Crippen molar-refractivity contribution in [3.05, 3.63) is 267 Å². The van der Waals surface area contributed by atoms with E-state index in [9.17, 15) is 0 Å². The quantitative estimate of drug-likeness (QED) is 0.144. The van der Waals surface area contributed by atoms with E-state index < -0.39 is 0 Å². The third-order valence-corrected chi connectivity index (χ3v) is 13.6. The largest absolute Gasteiger partial charge is 0.456 e. The van der Waals surface area contributed by atoms with Crippen LogP contribution in [-0.2, 0) is 0 Å². The number of anilines is 3. The highest BCUT2D eigenvalue weighted by atomic mass is 16.3. The van der Waals surface area contributed by atoms with Crippen LogP contribution in [0.2, 0.25) is 0 Å². The van der Waals surface area contributed by atoms with Crippen molar-refractivity contribution in [3.8, 4) is 61.3 Å². The molecule has 0 atom stereocenters. The second kappa shape index (κ2) is 16.9. The first kappa shape index (κ1) is 40.1. The van der Waals surface area contributed by atoms with Crippen molar-refractivity contribution in [2.24, 2.45) is 0 Å². The predicted molar refractivity (Wildman–Crippen MR) is 290 cm³/mol. The molecule has 13 aromatic rings. The van der Waals surface area contributed by atoms with Crippen LogP contribution in [0.5, 0.6) is 0 Å². The number of benzene rings is 11. The van der Waals surface area contributed by atoms with Crippen LogP contribution in [0.4, 0.5) is 17.1 Å². The first-order valence-corrected chi connectivity index (χ1v) is 23.6. The van der Waals surface area contributed by atoms with Crippen LogP contribution in [0.1, 0.15) is 0 Å². The van der Waals surface area contributed by atoms with Gasteiger partial charge in [-0.3, -0.25) is 0 Å². The van der Waals surface area contributed by atoms with E-state index in [-0.39, 0.29) is 0 Å². The minimum absolute atomic E-state index is 0.885. The normalized spacial score (nSPS) is 11.5. The zero-order chi connectivity index (χ0) is 45.7. The summed E-state index contributed by atoms with van der Waals surface area (Å²) in [6, 6.07) is 96.1. The van der Waals surface area contributed by atoms with Crippen molar-refractivity contribution in [2.45, 2.75) is 0 Å². The van der Waals surface area contributed by atoms with Crippen molar-refractivity contribution in [1.29, 1.82) is 0 Å². The second-order valence-electron chi connectivity index (χ2n) is 17.7. The number of furan rings is 1. The third kappa shape index (κ3) is 7.16. The molecular formula is C66H44N2O. The van der Waals surface area contributed by atoms with Gasteiger partial charge in [-0.1, -0.05) is 194 Å². The molecule has 0 N–H and O–H groups in total. The smallest absolute Gasteiger partial charge is 0.136 e. The number of para-hydroxylation sites is 4. The molecule has 0 aliphatic heterocycles. The number of hydrogen-bond acceptors (Lipinski definition) is 2. The zero-order valence-electron chi connectivity index (χ0n) is 37.7. The van der Waals surface area contributed by atoms with Crippen molar-refractivity contribution in [1.82, 2.24) is 4.57 Å². The topological polar surface area (TPSA) is 21.3 Å². The third-order valence-electron chi connectivity index (χ3n) is 13.6. The monoisotopic (exact) mass is 880 g/mol. The van der Waals surface area contributed by atoms with Crippen molar-refractivity contribution in [2.75, 3.05) is 4.90 Å². The Morgan fingerprint density at radius 3 is 1.52 bits per heavy atom. The molecule has 0 bridgehead atoms. The summed E-state index contributed by atoms with van der Waals surface area (Å²) in [5.74, 6) is 0. The molecule has 0 radical (unpaired) electrons. The van der Waals surface area contributed by atoms with Crippen LogP contribution in [-0.4, -0.2) is 4.57 Å². The second-order valence-corrected chi connectivity index (χ2v) is 17.7. The van der Waals surface area contributed by atoms with Gasteiger partial charge in [0.15, 0.2) is 0 Å². The number of nitrogens with zero attached hydrogens (tertiary/aromatic N) is 2. The Hall–Kier alpha value is -9.18. The summed E-state index contributed by atoms with van der Waals surface area (Å²) in [5.41, 5.74) is 20.1. The molecule has 0 saturated heterocycles. The van der Waals surface area contributed by atoms with Gasteiger partial charge < -0.3 is 13.9 Å². The van der Waals surface area contributed by atoms with Crippen LogP contribution in [0.25, 0.3) is 105 Å². The molecule has 0 spiro atoms. The summed E-state index contributed by atoms with van der Waals surface area (Å²) >= 11 is 0. The molecule has 11 aromatic carbocycles. The summed E-state index contributed by atoms with van der Waals surface area (Å²) in [4.78, 5) is 2.40. The maximum absolute atomic E-state index is 6.35. The molecule has 0 aliphatic rings. The molecule has 0 unspecified atom stereocenters. The Balaban J connectivity index is 0.877. The molecule has 0 aliphatic carbocycles. The van der Waals surface area contributed by atoms with E-state index in [0.717, 1.165) is 72.5 Å². The van der Waals surface area contributed by atoms with E-state index in [0.29, 0.717) is 0 Å². The number of hydrogen-bond donors (Lipinski definition) is 0. The lowest BCUT2D eigenvalue weighted by Crippen LogP contribution is -2.11. The minimum Gasteiger partial charge on any atom is -0.456 e. The lowest BCUT2D eigenvalue weighted by atomic mass is 9.93. The average Bonchev–Trinajstić information content (AvgIpc) is 3.97. The summed E-state index contributed by atoms with van der Waals surface area (Å²) in [5, 5.41) is 4.78. The van der Waals surface area contributed by atoms with E-state index in [4.69, 9.17) is 4.42 Å². The Kier molecular flexibility index (Phi) is 9.84. The van der Waals surface area contributed by atoms with Crippen LogP contribution >= 0.6 is 0 Å². The van der Waals surface area contributed by atoms with Crippen LogP contribution in [0, 0.1) is 0 Å². The molecule has 2 aromatic heterocycles. The van der Waals surface area contributed by atoms with Crippen molar-refractivity contribution < 1.29 is 4.42 Å². The number of aromatic nitrogens is 1. The number of fused-ring (bicyclic) bond motifs is 6. The Bertz CT molecular complexity index is 3960. The summed E-state index contributed by atoms with van der Waals surface area (Å²) in [6.45, 7) is 0. The van der Waals surface area contributed by atoms with Crippen LogP contribution in [0.15, 0.2) is 271 Å². The molecular weight excluding hydrogens is 837 g/mol. The fourth-order valence-electron chi connectivity index (χ4n) is 10.3. The van der Waals surface area contributed by atoms with Crippen LogP contribution in [0.3, 0.4) is 0 Å².